The second-order valence-electron chi connectivity index (χ2n) is 11.2. The summed E-state index contributed by atoms with van der Waals surface area (Å²) in [5.74, 6) is 0.109. The first kappa shape index (κ1) is 23.5. The summed E-state index contributed by atoms with van der Waals surface area (Å²) in [7, 11) is 0. The number of aromatic nitrogens is 4. The molecule has 41 heavy (non-hydrogen) atoms. The Morgan fingerprint density at radius 2 is 1.51 bits per heavy atom. The first-order valence-electron chi connectivity index (χ1n) is 13.6. The van der Waals surface area contributed by atoms with E-state index in [1.807, 2.05) is 18.2 Å². The minimum absolute atomic E-state index is 0.109. The van der Waals surface area contributed by atoms with Crippen molar-refractivity contribution in [1.29, 1.82) is 5.26 Å². The maximum Gasteiger partial charge on any atom is 0.373 e. The van der Waals surface area contributed by atoms with E-state index < -0.39 is 0 Å². The number of aryl methyl sites for hydroxylation is 4. The summed E-state index contributed by atoms with van der Waals surface area (Å²) in [6.07, 6.45) is 1.74. The molecule has 6 nitrogen and oxygen atoms in total. The molecule has 0 spiro atoms. The predicted molar refractivity (Wildman–Crippen MR) is 166 cm³/mol. The van der Waals surface area contributed by atoms with Gasteiger partial charge in [-0.25, -0.2) is 0 Å². The van der Waals surface area contributed by atoms with Gasteiger partial charge in [0.05, 0.1) is 28.7 Å². The standard InChI is InChI=1S/C34H23BN6/c1-18-12-20(3)30-24(14-18)25-15-19(2)13-21(4)31(25)41(30)35-27-8-6-7-9-28(27)40-32-23(11-10-22(16-36)29(32)35)26-17-38-34(37-5)39-33(26)40/h6-15,17H,1-4H3. The van der Waals surface area contributed by atoms with Gasteiger partial charge in [0.2, 0.25) is 5.65 Å². The third-order valence-corrected chi connectivity index (χ3v) is 8.58. The van der Waals surface area contributed by atoms with E-state index in [4.69, 9.17) is 6.57 Å². The fourth-order valence-corrected chi connectivity index (χ4v) is 7.25. The molecule has 1 aliphatic rings. The molecule has 7 heteroatoms. The Morgan fingerprint density at radius 1 is 0.829 bits per heavy atom. The highest BCUT2D eigenvalue weighted by Gasteiger charge is 2.39. The molecule has 192 valence electrons. The van der Waals surface area contributed by atoms with Crippen LogP contribution in [0, 0.1) is 45.6 Å². The molecule has 0 atom stereocenters. The van der Waals surface area contributed by atoms with Gasteiger partial charge in [-0.3, -0.25) is 4.57 Å². The van der Waals surface area contributed by atoms with Crippen molar-refractivity contribution in [3.05, 3.63) is 106 Å². The van der Waals surface area contributed by atoms with Gasteiger partial charge >= 0.3 is 12.8 Å². The maximum atomic E-state index is 10.5. The largest absolute Gasteiger partial charge is 0.394 e. The number of nitrogens with zero attached hydrogens (tertiary/aromatic N) is 6. The first-order valence-corrected chi connectivity index (χ1v) is 13.6. The molecule has 0 saturated carbocycles. The number of fused-ring (bicyclic) bond motifs is 8. The van der Waals surface area contributed by atoms with Crippen LogP contribution in [-0.2, 0) is 0 Å². The second kappa shape index (κ2) is 8.07. The lowest BCUT2D eigenvalue weighted by atomic mass is 9.47. The zero-order chi connectivity index (χ0) is 28.2. The fraction of sp³-hybridized carbons (Fsp3) is 0.118. The summed E-state index contributed by atoms with van der Waals surface area (Å²) in [6, 6.07) is 23.9. The van der Waals surface area contributed by atoms with E-state index in [9.17, 15) is 5.26 Å². The Bertz CT molecular complexity index is 2330. The van der Waals surface area contributed by atoms with Crippen molar-refractivity contribution < 1.29 is 0 Å². The molecule has 8 rings (SSSR count). The lowest BCUT2D eigenvalue weighted by molar-refractivity contribution is 1.12. The topological polar surface area (TPSA) is 63.8 Å². The Balaban J connectivity index is 1.65. The number of para-hydroxylation sites is 1. The van der Waals surface area contributed by atoms with Gasteiger partial charge in [0.25, 0.3) is 0 Å². The molecule has 0 saturated heterocycles. The molecule has 7 aromatic rings. The molecule has 4 aromatic carbocycles. The van der Waals surface area contributed by atoms with E-state index >= 15 is 0 Å². The third kappa shape index (κ3) is 2.95. The molecule has 0 radical (unpaired) electrons. The van der Waals surface area contributed by atoms with Crippen LogP contribution in [0.1, 0.15) is 27.8 Å². The summed E-state index contributed by atoms with van der Waals surface area (Å²) in [4.78, 5) is 12.5. The van der Waals surface area contributed by atoms with E-state index in [0.717, 1.165) is 32.9 Å². The molecule has 0 unspecified atom stereocenters. The van der Waals surface area contributed by atoms with E-state index in [2.05, 4.69) is 100 Å². The Kier molecular flexibility index (Phi) is 4.62. The Labute approximate surface area is 237 Å². The molecule has 0 amide bonds. The molecule has 0 N–H and O–H groups in total. The van der Waals surface area contributed by atoms with E-state index in [1.54, 1.807) is 6.20 Å². The van der Waals surface area contributed by atoms with Gasteiger partial charge in [-0.15, -0.1) is 11.6 Å². The maximum absolute atomic E-state index is 10.5. The summed E-state index contributed by atoms with van der Waals surface area (Å²) in [5, 5.41) is 14.8. The van der Waals surface area contributed by atoms with E-state index in [-0.39, 0.29) is 12.8 Å². The number of hydrogen-bond acceptors (Lipinski definition) is 3. The first-order chi connectivity index (χ1) is 19.9. The van der Waals surface area contributed by atoms with Crippen LogP contribution in [0.4, 0.5) is 5.95 Å². The quantitative estimate of drug-likeness (QED) is 0.186. The van der Waals surface area contributed by atoms with Crippen molar-refractivity contribution in [2.45, 2.75) is 27.7 Å². The van der Waals surface area contributed by atoms with Crippen molar-refractivity contribution in [2.24, 2.45) is 0 Å². The summed E-state index contributed by atoms with van der Waals surface area (Å²) < 4.78 is 4.60. The highest BCUT2D eigenvalue weighted by molar-refractivity contribution is 6.88. The van der Waals surface area contributed by atoms with Crippen molar-refractivity contribution in [3.63, 3.8) is 0 Å². The van der Waals surface area contributed by atoms with Crippen molar-refractivity contribution in [1.82, 2.24) is 19.0 Å². The van der Waals surface area contributed by atoms with Gasteiger partial charge in [0.15, 0.2) is 0 Å². The average molecular weight is 526 g/mol. The van der Waals surface area contributed by atoms with Crippen LogP contribution < -0.4 is 10.9 Å². The van der Waals surface area contributed by atoms with Crippen LogP contribution in [0.2, 0.25) is 0 Å². The summed E-state index contributed by atoms with van der Waals surface area (Å²) >= 11 is 0. The highest BCUT2D eigenvalue weighted by atomic mass is 15.1. The van der Waals surface area contributed by atoms with Crippen molar-refractivity contribution >= 4 is 67.5 Å². The second-order valence-corrected chi connectivity index (χ2v) is 11.2. The van der Waals surface area contributed by atoms with Crippen LogP contribution in [0.3, 0.4) is 0 Å². The number of hydrogen-bond donors (Lipinski definition) is 0. The van der Waals surface area contributed by atoms with E-state index in [1.165, 1.54) is 44.1 Å². The molecular formula is C34H23BN6. The van der Waals surface area contributed by atoms with Gasteiger partial charge in [0.1, 0.15) is 0 Å². The van der Waals surface area contributed by atoms with Gasteiger partial charge < -0.3 is 9.32 Å². The SMILES string of the molecule is [C-]#[N+]c1ncc2c3ccc(C#N)c4c3n(c2n1)-c1ccccc1B4n1c2c(C)cc(C)cc2c2cc(C)cc(C)c21. The summed E-state index contributed by atoms with van der Waals surface area (Å²) in [6.45, 7) is 16.0. The van der Waals surface area contributed by atoms with Crippen molar-refractivity contribution in [2.75, 3.05) is 0 Å². The zero-order valence-corrected chi connectivity index (χ0v) is 23.1. The monoisotopic (exact) mass is 526 g/mol. The lowest BCUT2D eigenvalue weighted by Crippen LogP contribution is -2.54. The highest BCUT2D eigenvalue weighted by Crippen LogP contribution is 2.38. The number of nitriles is 1. The molecule has 0 bridgehead atoms. The number of rotatable bonds is 1. The van der Waals surface area contributed by atoms with Crippen molar-refractivity contribution in [3.8, 4) is 11.8 Å². The molecule has 4 heterocycles. The number of benzene rings is 4. The average Bonchev–Trinajstić information content (AvgIpc) is 3.47. The minimum Gasteiger partial charge on any atom is -0.394 e. The van der Waals surface area contributed by atoms with Gasteiger partial charge in [-0.05, 0) is 74.0 Å². The van der Waals surface area contributed by atoms with Crippen LogP contribution in [-0.4, -0.2) is 25.9 Å². The fourth-order valence-electron chi connectivity index (χ4n) is 7.25. The van der Waals surface area contributed by atoms with Gasteiger partial charge in [-0.2, -0.15) is 10.2 Å². The zero-order valence-electron chi connectivity index (χ0n) is 23.1. The summed E-state index contributed by atoms with van der Waals surface area (Å²) in [5.41, 5.74) is 12.5. The predicted octanol–water partition coefficient (Wildman–Crippen LogP) is 6.31. The van der Waals surface area contributed by atoms with Crippen LogP contribution >= 0.6 is 0 Å². The molecule has 0 fully saturated rings. The van der Waals surface area contributed by atoms with E-state index in [0.29, 0.717) is 11.2 Å². The molecular weight excluding hydrogens is 503 g/mol. The van der Waals surface area contributed by atoms with Crippen LogP contribution in [0.15, 0.2) is 66.9 Å². The lowest BCUT2D eigenvalue weighted by Gasteiger charge is -2.29. The molecule has 1 aliphatic heterocycles. The van der Waals surface area contributed by atoms with Gasteiger partial charge in [0, 0.05) is 32.9 Å². The third-order valence-electron chi connectivity index (χ3n) is 8.58. The Hall–Kier alpha value is -5.40. The Morgan fingerprint density at radius 3 is 2.17 bits per heavy atom. The van der Waals surface area contributed by atoms with Crippen LogP contribution in [0.25, 0.3) is 54.3 Å². The van der Waals surface area contributed by atoms with Crippen LogP contribution in [0.5, 0.6) is 0 Å². The van der Waals surface area contributed by atoms with Gasteiger partial charge in [-0.1, -0.05) is 47.5 Å². The molecule has 0 aliphatic carbocycles. The smallest absolute Gasteiger partial charge is 0.373 e. The minimum atomic E-state index is -0.252. The molecule has 3 aromatic heterocycles. The normalized spacial score (nSPS) is 12.3.